The third-order valence-electron chi connectivity index (χ3n) is 3.66. The van der Waals surface area contributed by atoms with Crippen molar-refractivity contribution in [3.05, 3.63) is 35.5 Å². The fraction of sp³-hybridized carbons (Fsp3) is 0.357. The van der Waals surface area contributed by atoms with Crippen LogP contribution in [0.5, 0.6) is 0 Å². The number of para-hydroxylation sites is 1. The van der Waals surface area contributed by atoms with E-state index in [2.05, 4.69) is 29.4 Å². The van der Waals surface area contributed by atoms with Crippen molar-refractivity contribution in [2.45, 2.75) is 19.9 Å². The van der Waals surface area contributed by atoms with E-state index in [0.29, 0.717) is 0 Å². The minimum atomic E-state index is 0.0344. The molecule has 1 aliphatic rings. The van der Waals surface area contributed by atoms with E-state index in [4.69, 9.17) is 0 Å². The number of urea groups is 1. The Labute approximate surface area is 106 Å². The SMILES string of the molecule is CCN1CC(c2c(C)[nH]c3ccccc23)NC1=O. The molecule has 1 atom stereocenters. The number of H-pyrrole nitrogens is 1. The molecule has 2 amide bonds. The van der Waals surface area contributed by atoms with Crippen molar-refractivity contribution in [3.8, 4) is 0 Å². The standard InChI is InChI=1S/C14H17N3O/c1-3-17-8-12(16-14(17)18)13-9(2)15-11-7-5-4-6-10(11)13/h4-7,12,15H,3,8H2,1-2H3,(H,16,18). The first-order valence-electron chi connectivity index (χ1n) is 6.33. The van der Waals surface area contributed by atoms with Gasteiger partial charge in [0.15, 0.2) is 0 Å². The van der Waals surface area contributed by atoms with Crippen molar-refractivity contribution in [3.63, 3.8) is 0 Å². The van der Waals surface area contributed by atoms with Crippen molar-refractivity contribution < 1.29 is 4.79 Å². The molecular formula is C14H17N3O. The number of aryl methyl sites for hydroxylation is 1. The van der Waals surface area contributed by atoms with E-state index < -0.39 is 0 Å². The lowest BCUT2D eigenvalue weighted by Gasteiger charge is -2.11. The van der Waals surface area contributed by atoms with Crippen LogP contribution in [-0.4, -0.2) is 29.0 Å². The fourth-order valence-electron chi connectivity index (χ4n) is 2.77. The Morgan fingerprint density at radius 3 is 2.89 bits per heavy atom. The van der Waals surface area contributed by atoms with Gasteiger partial charge in [0.25, 0.3) is 0 Å². The van der Waals surface area contributed by atoms with Gasteiger partial charge in [0.05, 0.1) is 6.04 Å². The van der Waals surface area contributed by atoms with Crippen molar-refractivity contribution >= 4 is 16.9 Å². The molecule has 2 aromatic rings. The zero-order valence-corrected chi connectivity index (χ0v) is 10.7. The Morgan fingerprint density at radius 2 is 2.17 bits per heavy atom. The second-order valence-electron chi connectivity index (χ2n) is 4.75. The largest absolute Gasteiger partial charge is 0.358 e. The summed E-state index contributed by atoms with van der Waals surface area (Å²) in [5, 5.41) is 4.26. The van der Waals surface area contributed by atoms with E-state index in [9.17, 15) is 4.79 Å². The summed E-state index contributed by atoms with van der Waals surface area (Å²) in [5.41, 5.74) is 3.49. The molecule has 0 bridgehead atoms. The average molecular weight is 243 g/mol. The highest BCUT2D eigenvalue weighted by atomic mass is 16.2. The molecule has 0 spiro atoms. The number of amides is 2. The molecule has 2 heterocycles. The predicted octanol–water partition coefficient (Wildman–Crippen LogP) is 2.56. The van der Waals surface area contributed by atoms with Crippen molar-refractivity contribution in [2.75, 3.05) is 13.1 Å². The number of hydrogen-bond donors (Lipinski definition) is 2. The lowest BCUT2D eigenvalue weighted by molar-refractivity contribution is 0.219. The number of aromatic amines is 1. The van der Waals surface area contributed by atoms with Gasteiger partial charge in [-0.1, -0.05) is 18.2 Å². The van der Waals surface area contributed by atoms with Crippen LogP contribution in [0.25, 0.3) is 10.9 Å². The molecule has 18 heavy (non-hydrogen) atoms. The number of aromatic nitrogens is 1. The van der Waals surface area contributed by atoms with Gasteiger partial charge in [0.2, 0.25) is 0 Å². The molecule has 1 fully saturated rings. The summed E-state index contributed by atoms with van der Waals surface area (Å²) >= 11 is 0. The Balaban J connectivity index is 2.05. The van der Waals surface area contributed by atoms with Crippen LogP contribution in [-0.2, 0) is 0 Å². The van der Waals surface area contributed by atoms with Gasteiger partial charge in [-0.15, -0.1) is 0 Å². The molecule has 3 rings (SSSR count). The van der Waals surface area contributed by atoms with Crippen molar-refractivity contribution in [2.24, 2.45) is 0 Å². The highest BCUT2D eigenvalue weighted by molar-refractivity contribution is 5.87. The van der Waals surface area contributed by atoms with Gasteiger partial charge in [-0.25, -0.2) is 4.79 Å². The quantitative estimate of drug-likeness (QED) is 0.836. The summed E-state index contributed by atoms with van der Waals surface area (Å²) in [5.74, 6) is 0. The third kappa shape index (κ3) is 1.56. The average Bonchev–Trinajstić information content (AvgIpc) is 2.88. The maximum Gasteiger partial charge on any atom is 0.318 e. The van der Waals surface area contributed by atoms with E-state index in [0.717, 1.165) is 24.3 Å². The molecule has 1 saturated heterocycles. The topological polar surface area (TPSA) is 48.1 Å². The summed E-state index contributed by atoms with van der Waals surface area (Å²) in [7, 11) is 0. The van der Waals surface area contributed by atoms with Gasteiger partial charge in [-0.3, -0.25) is 0 Å². The minimum absolute atomic E-state index is 0.0344. The van der Waals surface area contributed by atoms with E-state index >= 15 is 0 Å². The van der Waals surface area contributed by atoms with E-state index in [-0.39, 0.29) is 12.1 Å². The molecule has 4 heteroatoms. The number of carbonyl (C=O) groups is 1. The summed E-state index contributed by atoms with van der Waals surface area (Å²) in [4.78, 5) is 17.0. The first kappa shape index (κ1) is 11.1. The van der Waals surface area contributed by atoms with Crippen LogP contribution in [0.3, 0.4) is 0 Å². The van der Waals surface area contributed by atoms with Crippen molar-refractivity contribution in [1.82, 2.24) is 15.2 Å². The molecule has 0 aliphatic carbocycles. The summed E-state index contributed by atoms with van der Waals surface area (Å²) in [6.45, 7) is 5.57. The number of rotatable bonds is 2. The number of carbonyl (C=O) groups excluding carboxylic acids is 1. The lowest BCUT2D eigenvalue weighted by atomic mass is 10.0. The summed E-state index contributed by atoms with van der Waals surface area (Å²) < 4.78 is 0. The van der Waals surface area contributed by atoms with Gasteiger partial charge in [-0.2, -0.15) is 0 Å². The lowest BCUT2D eigenvalue weighted by Crippen LogP contribution is -2.27. The highest BCUT2D eigenvalue weighted by Crippen LogP contribution is 2.30. The molecule has 2 N–H and O–H groups in total. The van der Waals surface area contributed by atoms with Crippen LogP contribution in [0.15, 0.2) is 24.3 Å². The highest BCUT2D eigenvalue weighted by Gasteiger charge is 2.31. The van der Waals surface area contributed by atoms with Gasteiger partial charge < -0.3 is 15.2 Å². The number of benzene rings is 1. The van der Waals surface area contributed by atoms with Crippen LogP contribution in [0.1, 0.15) is 24.2 Å². The molecule has 1 aromatic heterocycles. The zero-order valence-electron chi connectivity index (χ0n) is 10.7. The fourth-order valence-corrected chi connectivity index (χ4v) is 2.77. The molecule has 1 unspecified atom stereocenters. The third-order valence-corrected chi connectivity index (χ3v) is 3.66. The van der Waals surface area contributed by atoms with E-state index in [1.165, 1.54) is 10.9 Å². The van der Waals surface area contributed by atoms with Gasteiger partial charge in [0, 0.05) is 35.2 Å². The van der Waals surface area contributed by atoms with Gasteiger partial charge in [-0.05, 0) is 19.9 Å². The van der Waals surface area contributed by atoms with Crippen LogP contribution in [0, 0.1) is 6.92 Å². The number of likely N-dealkylation sites (N-methyl/N-ethyl adjacent to an activating group) is 1. The van der Waals surface area contributed by atoms with Crippen LogP contribution < -0.4 is 5.32 Å². The summed E-state index contributed by atoms with van der Waals surface area (Å²) in [6.07, 6.45) is 0. The molecule has 0 radical (unpaired) electrons. The Hall–Kier alpha value is -1.97. The van der Waals surface area contributed by atoms with E-state index in [1.54, 1.807) is 0 Å². The Bertz CT molecular complexity index is 602. The van der Waals surface area contributed by atoms with Gasteiger partial charge >= 0.3 is 6.03 Å². The number of fused-ring (bicyclic) bond motifs is 1. The molecular weight excluding hydrogens is 226 g/mol. The molecule has 1 aliphatic heterocycles. The first-order chi connectivity index (χ1) is 8.70. The second kappa shape index (κ2) is 4.05. The van der Waals surface area contributed by atoms with Crippen LogP contribution in [0.2, 0.25) is 0 Å². The zero-order chi connectivity index (χ0) is 12.7. The monoisotopic (exact) mass is 243 g/mol. The number of hydrogen-bond acceptors (Lipinski definition) is 1. The number of nitrogens with one attached hydrogen (secondary N) is 2. The molecule has 1 aromatic carbocycles. The van der Waals surface area contributed by atoms with Crippen LogP contribution >= 0.6 is 0 Å². The molecule has 94 valence electrons. The molecule has 0 saturated carbocycles. The maximum absolute atomic E-state index is 11.8. The van der Waals surface area contributed by atoms with Crippen molar-refractivity contribution in [1.29, 1.82) is 0 Å². The molecule has 4 nitrogen and oxygen atoms in total. The first-order valence-corrected chi connectivity index (χ1v) is 6.33. The second-order valence-corrected chi connectivity index (χ2v) is 4.75. The normalized spacial score (nSPS) is 19.6. The smallest absolute Gasteiger partial charge is 0.318 e. The predicted molar refractivity (Wildman–Crippen MR) is 71.6 cm³/mol. The summed E-state index contributed by atoms with van der Waals surface area (Å²) in [6, 6.07) is 8.36. The van der Waals surface area contributed by atoms with Crippen LogP contribution in [0.4, 0.5) is 4.79 Å². The van der Waals surface area contributed by atoms with Gasteiger partial charge in [0.1, 0.15) is 0 Å². The Morgan fingerprint density at radius 1 is 1.39 bits per heavy atom. The minimum Gasteiger partial charge on any atom is -0.358 e. The Kier molecular flexibility index (Phi) is 2.51. The number of nitrogens with zero attached hydrogens (tertiary/aromatic N) is 1. The maximum atomic E-state index is 11.8. The van der Waals surface area contributed by atoms with E-state index in [1.807, 2.05) is 24.0 Å².